The summed E-state index contributed by atoms with van der Waals surface area (Å²) in [6.07, 6.45) is -1.47. The zero-order chi connectivity index (χ0) is 18.5. The molecule has 4 aromatic rings. The SMILES string of the molecule is OC[C@@H](O)[C@H]1CN(Cc2ccc3ccc4cccc5ccc2c3c45)C[C@@H]1O. The van der Waals surface area contributed by atoms with Gasteiger partial charge in [-0.15, -0.1) is 0 Å². The predicted molar refractivity (Wildman–Crippen MR) is 108 cm³/mol. The molecule has 27 heavy (non-hydrogen) atoms. The number of hydrogen-bond donors (Lipinski definition) is 3. The van der Waals surface area contributed by atoms with Crippen molar-refractivity contribution in [1.82, 2.24) is 4.90 Å². The highest BCUT2D eigenvalue weighted by atomic mass is 16.3. The quantitative estimate of drug-likeness (QED) is 0.489. The molecule has 0 bridgehead atoms. The van der Waals surface area contributed by atoms with Crippen LogP contribution in [-0.4, -0.2) is 52.1 Å². The highest BCUT2D eigenvalue weighted by Crippen LogP contribution is 2.36. The summed E-state index contributed by atoms with van der Waals surface area (Å²) in [5.74, 6) is -0.296. The third-order valence-electron chi connectivity index (χ3n) is 6.10. The van der Waals surface area contributed by atoms with E-state index in [1.54, 1.807) is 0 Å². The highest BCUT2D eigenvalue weighted by Gasteiger charge is 2.35. The van der Waals surface area contributed by atoms with Crippen molar-refractivity contribution in [2.24, 2.45) is 5.92 Å². The Kier molecular flexibility index (Phi) is 4.02. The molecule has 4 heteroatoms. The van der Waals surface area contributed by atoms with E-state index in [0.29, 0.717) is 13.1 Å². The van der Waals surface area contributed by atoms with Crippen LogP contribution < -0.4 is 0 Å². The van der Waals surface area contributed by atoms with E-state index in [0.717, 1.165) is 6.54 Å². The summed E-state index contributed by atoms with van der Waals surface area (Å²) < 4.78 is 0. The first-order valence-corrected chi connectivity index (χ1v) is 9.50. The van der Waals surface area contributed by atoms with Crippen molar-refractivity contribution < 1.29 is 15.3 Å². The van der Waals surface area contributed by atoms with Crippen LogP contribution in [0.25, 0.3) is 32.3 Å². The minimum Gasteiger partial charge on any atom is -0.394 e. The predicted octanol–water partition coefficient (Wildman–Crippen LogP) is 2.73. The fraction of sp³-hybridized carbons (Fsp3) is 0.304. The molecule has 3 atom stereocenters. The molecule has 0 aliphatic carbocycles. The van der Waals surface area contributed by atoms with Crippen molar-refractivity contribution >= 4 is 32.3 Å². The maximum Gasteiger partial charge on any atom is 0.0836 e. The third-order valence-corrected chi connectivity index (χ3v) is 6.10. The molecule has 3 N–H and O–H groups in total. The summed E-state index contributed by atoms with van der Waals surface area (Å²) >= 11 is 0. The van der Waals surface area contributed by atoms with Crippen molar-refractivity contribution in [3.63, 3.8) is 0 Å². The van der Waals surface area contributed by atoms with Crippen molar-refractivity contribution in [1.29, 1.82) is 0 Å². The molecule has 138 valence electrons. The van der Waals surface area contributed by atoms with E-state index in [2.05, 4.69) is 59.5 Å². The third kappa shape index (κ3) is 2.68. The number of aliphatic hydroxyl groups excluding tert-OH is 3. The van der Waals surface area contributed by atoms with Crippen LogP contribution in [-0.2, 0) is 6.54 Å². The van der Waals surface area contributed by atoms with Crippen LogP contribution in [0.1, 0.15) is 5.56 Å². The Morgan fingerprint density at radius 2 is 1.56 bits per heavy atom. The van der Waals surface area contributed by atoms with Crippen LogP contribution in [0.2, 0.25) is 0 Å². The van der Waals surface area contributed by atoms with E-state index >= 15 is 0 Å². The number of nitrogens with zero attached hydrogens (tertiary/aromatic N) is 1. The van der Waals surface area contributed by atoms with Gasteiger partial charge in [0, 0.05) is 25.6 Å². The number of aliphatic hydroxyl groups is 3. The lowest BCUT2D eigenvalue weighted by Crippen LogP contribution is -2.33. The molecule has 1 saturated heterocycles. The van der Waals surface area contributed by atoms with E-state index in [-0.39, 0.29) is 12.5 Å². The van der Waals surface area contributed by atoms with Crippen molar-refractivity contribution in [3.8, 4) is 0 Å². The molecule has 1 fully saturated rings. The monoisotopic (exact) mass is 361 g/mol. The first-order chi connectivity index (χ1) is 13.2. The smallest absolute Gasteiger partial charge is 0.0836 e. The highest BCUT2D eigenvalue weighted by molar-refractivity contribution is 6.23. The summed E-state index contributed by atoms with van der Waals surface area (Å²) in [7, 11) is 0. The summed E-state index contributed by atoms with van der Waals surface area (Å²) in [6, 6.07) is 19.5. The summed E-state index contributed by atoms with van der Waals surface area (Å²) in [5, 5.41) is 37.0. The first kappa shape index (κ1) is 16.9. The van der Waals surface area contributed by atoms with Crippen LogP contribution in [0.3, 0.4) is 0 Å². The second-order valence-corrected chi connectivity index (χ2v) is 7.76. The Hall–Kier alpha value is -2.24. The molecule has 0 unspecified atom stereocenters. The van der Waals surface area contributed by atoms with Crippen molar-refractivity contribution in [2.45, 2.75) is 18.8 Å². The fourth-order valence-electron chi connectivity index (χ4n) is 4.71. The molecule has 1 aliphatic rings. The summed E-state index contributed by atoms with van der Waals surface area (Å²) in [5.41, 5.74) is 1.23. The van der Waals surface area contributed by atoms with Crippen LogP contribution in [0.15, 0.2) is 54.6 Å². The lowest BCUT2D eigenvalue weighted by atomic mass is 9.92. The Morgan fingerprint density at radius 3 is 2.30 bits per heavy atom. The first-order valence-electron chi connectivity index (χ1n) is 9.50. The number of rotatable bonds is 4. The molecular formula is C23H23NO3. The maximum absolute atomic E-state index is 10.3. The van der Waals surface area contributed by atoms with Gasteiger partial charge in [-0.2, -0.15) is 0 Å². The molecule has 0 saturated carbocycles. The van der Waals surface area contributed by atoms with Gasteiger partial charge in [0.15, 0.2) is 0 Å². The van der Waals surface area contributed by atoms with E-state index in [1.165, 1.54) is 37.9 Å². The Bertz CT molecular complexity index is 1090. The van der Waals surface area contributed by atoms with Gasteiger partial charge in [-0.05, 0) is 37.9 Å². The Labute approximate surface area is 157 Å². The molecule has 0 radical (unpaired) electrons. The molecule has 4 aromatic carbocycles. The lowest BCUT2D eigenvalue weighted by Gasteiger charge is -2.20. The number of hydrogen-bond acceptors (Lipinski definition) is 4. The van der Waals surface area contributed by atoms with Crippen LogP contribution in [0.5, 0.6) is 0 Å². The van der Waals surface area contributed by atoms with Gasteiger partial charge >= 0.3 is 0 Å². The average Bonchev–Trinajstić information content (AvgIpc) is 3.06. The topological polar surface area (TPSA) is 63.9 Å². The van der Waals surface area contributed by atoms with Gasteiger partial charge < -0.3 is 15.3 Å². The van der Waals surface area contributed by atoms with Crippen LogP contribution >= 0.6 is 0 Å². The minimum atomic E-state index is -0.869. The second kappa shape index (κ2) is 6.43. The van der Waals surface area contributed by atoms with E-state index < -0.39 is 12.2 Å². The van der Waals surface area contributed by atoms with Gasteiger partial charge in [0.1, 0.15) is 0 Å². The molecule has 1 heterocycles. The largest absolute Gasteiger partial charge is 0.394 e. The number of benzene rings is 4. The van der Waals surface area contributed by atoms with Gasteiger partial charge in [-0.3, -0.25) is 4.90 Å². The molecule has 0 amide bonds. The number of likely N-dealkylation sites (tertiary alicyclic amines) is 1. The van der Waals surface area contributed by atoms with Gasteiger partial charge in [-0.25, -0.2) is 0 Å². The molecule has 5 rings (SSSR count). The van der Waals surface area contributed by atoms with Gasteiger partial charge in [-0.1, -0.05) is 54.6 Å². The van der Waals surface area contributed by atoms with Gasteiger partial charge in [0.05, 0.1) is 18.8 Å². The summed E-state index contributed by atoms with van der Waals surface area (Å²) in [4.78, 5) is 2.17. The minimum absolute atomic E-state index is 0.296. The normalized spacial score (nSPS) is 22.3. The van der Waals surface area contributed by atoms with Crippen molar-refractivity contribution in [2.75, 3.05) is 19.7 Å². The summed E-state index contributed by atoms with van der Waals surface area (Å²) in [6.45, 7) is 1.52. The second-order valence-electron chi connectivity index (χ2n) is 7.76. The molecule has 1 aliphatic heterocycles. The van der Waals surface area contributed by atoms with E-state index in [4.69, 9.17) is 0 Å². The molecule has 0 spiro atoms. The zero-order valence-corrected chi connectivity index (χ0v) is 15.0. The molecular weight excluding hydrogens is 338 g/mol. The van der Waals surface area contributed by atoms with Crippen molar-refractivity contribution in [3.05, 3.63) is 60.2 Å². The molecule has 0 aromatic heterocycles. The fourth-order valence-corrected chi connectivity index (χ4v) is 4.71. The van der Waals surface area contributed by atoms with E-state index in [1.807, 2.05) is 0 Å². The zero-order valence-electron chi connectivity index (χ0n) is 15.0. The lowest BCUT2D eigenvalue weighted by molar-refractivity contribution is 0.00676. The van der Waals surface area contributed by atoms with E-state index in [9.17, 15) is 15.3 Å². The van der Waals surface area contributed by atoms with Crippen LogP contribution in [0, 0.1) is 5.92 Å². The Morgan fingerprint density at radius 1 is 0.889 bits per heavy atom. The molecule has 4 nitrogen and oxygen atoms in total. The Balaban J connectivity index is 1.56. The van der Waals surface area contributed by atoms with Gasteiger partial charge in [0.25, 0.3) is 0 Å². The number of β-amino-alcohol motifs (C(OH)–C–C–N with tert-alkyl or cyclic N) is 1. The average molecular weight is 361 g/mol. The van der Waals surface area contributed by atoms with Crippen LogP contribution in [0.4, 0.5) is 0 Å². The van der Waals surface area contributed by atoms with Gasteiger partial charge in [0.2, 0.25) is 0 Å². The maximum atomic E-state index is 10.3. The standard InChI is InChI=1S/C23H23NO3/c25-13-21(27)19-11-24(12-20(19)26)10-17-7-6-16-5-4-14-2-1-3-15-8-9-18(17)23(16)22(14)15/h1-9,19-21,25-27H,10-13H2/t19-,20-,21+/m0/s1.